The molecule has 0 fully saturated rings. The molecule has 2 rings (SSSR count). The van der Waals surface area contributed by atoms with Gasteiger partial charge in [-0.1, -0.05) is 13.0 Å². The minimum absolute atomic E-state index is 0.196. The third-order valence-corrected chi connectivity index (χ3v) is 4.14. The van der Waals surface area contributed by atoms with E-state index in [9.17, 15) is 4.79 Å². The molecule has 0 aliphatic rings. The molecule has 5 nitrogen and oxygen atoms in total. The van der Waals surface area contributed by atoms with Gasteiger partial charge in [0.05, 0.1) is 12.1 Å². The fraction of sp³-hybridized carbons (Fsp3) is 0.333. The Morgan fingerprint density at radius 1 is 1.48 bits per heavy atom. The number of carbonyl (C=O) groups excluding carboxylic acids is 1. The number of nitrogens with zero attached hydrogens (tertiary/aromatic N) is 1. The van der Waals surface area contributed by atoms with E-state index in [2.05, 4.69) is 15.6 Å². The van der Waals surface area contributed by atoms with E-state index >= 15 is 0 Å². The van der Waals surface area contributed by atoms with E-state index in [1.54, 1.807) is 30.7 Å². The van der Waals surface area contributed by atoms with Gasteiger partial charge in [-0.05, 0) is 18.6 Å². The van der Waals surface area contributed by atoms with Crippen molar-refractivity contribution in [3.8, 4) is 5.75 Å². The molecule has 6 heteroatoms. The van der Waals surface area contributed by atoms with Gasteiger partial charge >= 0.3 is 6.03 Å². The van der Waals surface area contributed by atoms with Crippen LogP contribution in [0.25, 0.3) is 0 Å². The lowest BCUT2D eigenvalue weighted by atomic mass is 10.2. The fourth-order valence-electron chi connectivity index (χ4n) is 1.84. The molecule has 1 aromatic carbocycles. The van der Waals surface area contributed by atoms with Crippen molar-refractivity contribution < 1.29 is 9.53 Å². The number of benzene rings is 1. The fourth-order valence-corrected chi connectivity index (χ4v) is 2.54. The first-order valence-electron chi connectivity index (χ1n) is 6.69. The number of hydrogen-bond donors (Lipinski definition) is 2. The molecule has 0 aliphatic heterocycles. The van der Waals surface area contributed by atoms with E-state index in [1.807, 2.05) is 31.4 Å². The van der Waals surface area contributed by atoms with Gasteiger partial charge in [-0.25, -0.2) is 9.78 Å². The van der Waals surface area contributed by atoms with E-state index in [-0.39, 0.29) is 11.9 Å². The van der Waals surface area contributed by atoms with E-state index in [4.69, 9.17) is 4.74 Å². The van der Waals surface area contributed by atoms with Crippen LogP contribution in [0.5, 0.6) is 5.75 Å². The van der Waals surface area contributed by atoms with Crippen LogP contribution in [0.1, 0.15) is 23.4 Å². The summed E-state index contributed by atoms with van der Waals surface area (Å²) >= 11 is 1.59. The van der Waals surface area contributed by atoms with Crippen molar-refractivity contribution in [3.63, 3.8) is 0 Å². The lowest BCUT2D eigenvalue weighted by Crippen LogP contribution is -2.32. The lowest BCUT2D eigenvalue weighted by Gasteiger charge is -2.13. The van der Waals surface area contributed by atoms with Gasteiger partial charge in [-0.2, -0.15) is 0 Å². The molecule has 2 aromatic rings. The molecule has 0 aliphatic carbocycles. The number of amides is 2. The number of urea groups is 1. The molecule has 0 spiro atoms. The maximum Gasteiger partial charge on any atom is 0.319 e. The zero-order valence-corrected chi connectivity index (χ0v) is 13.2. The topological polar surface area (TPSA) is 63.2 Å². The van der Waals surface area contributed by atoms with Gasteiger partial charge in [0.1, 0.15) is 5.75 Å². The summed E-state index contributed by atoms with van der Waals surface area (Å²) in [6.07, 6.45) is 1.77. The van der Waals surface area contributed by atoms with Gasteiger partial charge in [-0.3, -0.25) is 0 Å². The zero-order chi connectivity index (χ0) is 15.2. The average molecular weight is 305 g/mol. The van der Waals surface area contributed by atoms with Crippen molar-refractivity contribution in [2.45, 2.75) is 19.8 Å². The highest BCUT2D eigenvalue weighted by atomic mass is 32.1. The van der Waals surface area contributed by atoms with Crippen LogP contribution in [0, 0.1) is 6.92 Å². The second-order valence-corrected chi connectivity index (χ2v) is 5.71. The maximum absolute atomic E-state index is 12.0. The van der Waals surface area contributed by atoms with Gasteiger partial charge in [0, 0.05) is 35.8 Å². The summed E-state index contributed by atoms with van der Waals surface area (Å²) in [5.41, 5.74) is 1.73. The van der Waals surface area contributed by atoms with E-state index in [0.717, 1.165) is 16.3 Å². The summed E-state index contributed by atoms with van der Waals surface area (Å²) in [5, 5.41) is 8.66. The highest BCUT2D eigenvalue weighted by Crippen LogP contribution is 2.21. The summed E-state index contributed by atoms with van der Waals surface area (Å²) in [6.45, 7) is 4.52. The summed E-state index contributed by atoms with van der Waals surface area (Å²) in [5.74, 6) is 0.911. The minimum atomic E-state index is -0.227. The van der Waals surface area contributed by atoms with Crippen LogP contribution < -0.4 is 15.4 Å². The Balaban J connectivity index is 1.90. The molecule has 21 heavy (non-hydrogen) atoms. The summed E-state index contributed by atoms with van der Waals surface area (Å²) < 4.78 is 5.16. The van der Waals surface area contributed by atoms with Crippen molar-refractivity contribution in [3.05, 3.63) is 40.3 Å². The van der Waals surface area contributed by atoms with Crippen LogP contribution >= 0.6 is 11.3 Å². The van der Waals surface area contributed by atoms with Gasteiger partial charge in [0.15, 0.2) is 0 Å². The molecule has 1 atom stereocenters. The van der Waals surface area contributed by atoms with Gasteiger partial charge in [0.25, 0.3) is 0 Å². The van der Waals surface area contributed by atoms with Gasteiger partial charge in [-0.15, -0.1) is 11.3 Å². The van der Waals surface area contributed by atoms with Crippen molar-refractivity contribution in [1.82, 2.24) is 10.3 Å². The van der Waals surface area contributed by atoms with Crippen LogP contribution in [0.15, 0.2) is 29.8 Å². The van der Waals surface area contributed by atoms with Crippen LogP contribution in [0.4, 0.5) is 10.5 Å². The molecule has 0 saturated heterocycles. The van der Waals surface area contributed by atoms with E-state index in [0.29, 0.717) is 12.3 Å². The molecule has 112 valence electrons. The molecule has 2 N–H and O–H groups in total. The Bertz CT molecular complexity index is 599. The van der Waals surface area contributed by atoms with Crippen LogP contribution in [0.3, 0.4) is 0 Å². The zero-order valence-electron chi connectivity index (χ0n) is 12.3. The number of aryl methyl sites for hydroxylation is 1. The summed E-state index contributed by atoms with van der Waals surface area (Å²) in [4.78, 5) is 16.2. The first kappa shape index (κ1) is 15.3. The predicted octanol–water partition coefficient (Wildman–Crippen LogP) is 3.39. The lowest BCUT2D eigenvalue weighted by molar-refractivity contribution is 0.251. The third-order valence-electron chi connectivity index (χ3n) is 3.13. The number of thiazole rings is 1. The van der Waals surface area contributed by atoms with Crippen LogP contribution in [-0.2, 0) is 0 Å². The largest absolute Gasteiger partial charge is 0.497 e. The van der Waals surface area contributed by atoms with Gasteiger partial charge in [0.2, 0.25) is 0 Å². The Morgan fingerprint density at radius 2 is 2.29 bits per heavy atom. The smallest absolute Gasteiger partial charge is 0.319 e. The number of aromatic nitrogens is 1. The second kappa shape index (κ2) is 7.08. The summed E-state index contributed by atoms with van der Waals surface area (Å²) in [7, 11) is 1.60. The molecule has 1 heterocycles. The Labute approximate surface area is 128 Å². The molecule has 0 saturated carbocycles. The standard InChI is InChI=1S/C15H19N3O2S/c1-10-4-5-12(20-3)8-13(10)18-15(19)17-9-11(2)14-16-6-7-21-14/h4-8,11H,9H2,1-3H3,(H2,17,18,19)/t11-/m0/s1. The highest BCUT2D eigenvalue weighted by molar-refractivity contribution is 7.09. The number of rotatable bonds is 5. The quantitative estimate of drug-likeness (QED) is 0.890. The number of methoxy groups -OCH3 is 1. The first-order valence-corrected chi connectivity index (χ1v) is 7.57. The van der Waals surface area contributed by atoms with Crippen LogP contribution in [0.2, 0.25) is 0 Å². The number of nitrogens with one attached hydrogen (secondary N) is 2. The van der Waals surface area contributed by atoms with Crippen LogP contribution in [-0.4, -0.2) is 24.7 Å². The first-order chi connectivity index (χ1) is 10.1. The number of hydrogen-bond acceptors (Lipinski definition) is 4. The molecular weight excluding hydrogens is 286 g/mol. The second-order valence-electron chi connectivity index (χ2n) is 4.79. The highest BCUT2D eigenvalue weighted by Gasteiger charge is 2.11. The van der Waals surface area contributed by atoms with E-state index in [1.165, 1.54) is 0 Å². The monoisotopic (exact) mass is 305 g/mol. The maximum atomic E-state index is 12.0. The molecule has 2 amide bonds. The van der Waals surface area contributed by atoms with Crippen molar-refractivity contribution in [2.24, 2.45) is 0 Å². The normalized spacial score (nSPS) is 11.8. The van der Waals surface area contributed by atoms with Crippen molar-refractivity contribution in [1.29, 1.82) is 0 Å². The van der Waals surface area contributed by atoms with Crippen molar-refractivity contribution >= 4 is 23.1 Å². The Morgan fingerprint density at radius 3 is 2.95 bits per heavy atom. The number of ether oxygens (including phenoxy) is 1. The third kappa shape index (κ3) is 4.19. The number of carbonyl (C=O) groups is 1. The minimum Gasteiger partial charge on any atom is -0.497 e. The average Bonchev–Trinajstić information content (AvgIpc) is 3.01. The molecule has 0 unspecified atom stereocenters. The molecule has 0 radical (unpaired) electrons. The van der Waals surface area contributed by atoms with Gasteiger partial charge < -0.3 is 15.4 Å². The van der Waals surface area contributed by atoms with E-state index < -0.39 is 0 Å². The summed E-state index contributed by atoms with van der Waals surface area (Å²) in [6, 6.07) is 5.35. The predicted molar refractivity (Wildman–Crippen MR) is 85.3 cm³/mol. The SMILES string of the molecule is COc1ccc(C)c(NC(=O)NC[C@H](C)c2nccs2)c1. The molecule has 1 aromatic heterocycles. The molecule has 0 bridgehead atoms. The molecular formula is C15H19N3O2S. The Kier molecular flexibility index (Phi) is 5.16. The number of anilines is 1. The Hall–Kier alpha value is -2.08. The van der Waals surface area contributed by atoms with Crippen molar-refractivity contribution in [2.75, 3.05) is 19.0 Å².